The van der Waals surface area contributed by atoms with Crippen molar-refractivity contribution in [2.24, 2.45) is 0 Å². The van der Waals surface area contributed by atoms with E-state index in [1.54, 1.807) is 14.2 Å². The number of benzene rings is 2. The van der Waals surface area contributed by atoms with Crippen LogP contribution in [0.4, 0.5) is 0 Å². The third-order valence-electron chi connectivity index (χ3n) is 4.15. The predicted octanol–water partition coefficient (Wildman–Crippen LogP) is 3.13. The molecule has 0 amide bonds. The van der Waals surface area contributed by atoms with Gasteiger partial charge >= 0.3 is 0 Å². The lowest BCUT2D eigenvalue weighted by atomic mass is 9.86. The summed E-state index contributed by atoms with van der Waals surface area (Å²) in [6.45, 7) is 1.96. The van der Waals surface area contributed by atoms with E-state index in [2.05, 4.69) is 35.6 Å². The molecule has 0 aliphatic carbocycles. The van der Waals surface area contributed by atoms with E-state index in [9.17, 15) is 0 Å². The van der Waals surface area contributed by atoms with Gasteiger partial charge in [0.15, 0.2) is 0 Å². The Kier molecular flexibility index (Phi) is 4.11. The standard InChI is InChI=1S/C18H21NO2/c1-20-16-7-8-18(21-2)14(10-16)9-15-12-19-11-13-5-3-4-6-17(13)15/h3-8,10,15,19H,9,11-12H2,1-2H3. The fourth-order valence-electron chi connectivity index (χ4n) is 3.07. The van der Waals surface area contributed by atoms with E-state index in [4.69, 9.17) is 9.47 Å². The summed E-state index contributed by atoms with van der Waals surface area (Å²) in [5.74, 6) is 2.28. The number of nitrogens with one attached hydrogen (secondary N) is 1. The van der Waals surface area contributed by atoms with Gasteiger partial charge < -0.3 is 14.8 Å². The molecule has 1 aliphatic rings. The molecular weight excluding hydrogens is 262 g/mol. The molecule has 1 unspecified atom stereocenters. The first-order valence-corrected chi connectivity index (χ1v) is 7.31. The largest absolute Gasteiger partial charge is 0.497 e. The van der Waals surface area contributed by atoms with Gasteiger partial charge in [-0.1, -0.05) is 24.3 Å². The molecule has 3 nitrogen and oxygen atoms in total. The second-order valence-electron chi connectivity index (χ2n) is 5.41. The summed E-state index contributed by atoms with van der Waals surface area (Å²) in [6.07, 6.45) is 0.949. The Morgan fingerprint density at radius 3 is 2.76 bits per heavy atom. The van der Waals surface area contributed by atoms with Crippen molar-refractivity contribution in [1.29, 1.82) is 0 Å². The van der Waals surface area contributed by atoms with Gasteiger partial charge in [0.1, 0.15) is 11.5 Å². The highest BCUT2D eigenvalue weighted by Gasteiger charge is 2.21. The first-order valence-electron chi connectivity index (χ1n) is 7.31. The van der Waals surface area contributed by atoms with Gasteiger partial charge in [0, 0.05) is 19.0 Å². The summed E-state index contributed by atoms with van der Waals surface area (Å²) in [4.78, 5) is 0. The number of hydrogen-bond acceptors (Lipinski definition) is 3. The number of methoxy groups -OCH3 is 2. The Bertz CT molecular complexity index is 624. The van der Waals surface area contributed by atoms with Gasteiger partial charge in [-0.2, -0.15) is 0 Å². The Morgan fingerprint density at radius 1 is 1.10 bits per heavy atom. The molecule has 0 radical (unpaired) electrons. The zero-order valence-corrected chi connectivity index (χ0v) is 12.6. The van der Waals surface area contributed by atoms with Crippen LogP contribution in [0.1, 0.15) is 22.6 Å². The van der Waals surface area contributed by atoms with E-state index in [-0.39, 0.29) is 0 Å². The lowest BCUT2D eigenvalue weighted by Gasteiger charge is -2.27. The van der Waals surface area contributed by atoms with Crippen LogP contribution in [-0.2, 0) is 13.0 Å². The fraction of sp³-hybridized carbons (Fsp3) is 0.333. The van der Waals surface area contributed by atoms with Crippen LogP contribution in [-0.4, -0.2) is 20.8 Å². The van der Waals surface area contributed by atoms with Crippen LogP contribution >= 0.6 is 0 Å². The van der Waals surface area contributed by atoms with E-state index in [0.717, 1.165) is 31.0 Å². The van der Waals surface area contributed by atoms with Gasteiger partial charge in [-0.15, -0.1) is 0 Å². The van der Waals surface area contributed by atoms with Crippen molar-refractivity contribution in [2.75, 3.05) is 20.8 Å². The highest BCUT2D eigenvalue weighted by molar-refractivity contribution is 5.43. The van der Waals surface area contributed by atoms with Crippen LogP contribution in [0.25, 0.3) is 0 Å². The second kappa shape index (κ2) is 6.19. The first-order chi connectivity index (χ1) is 10.3. The molecule has 1 N–H and O–H groups in total. The lowest BCUT2D eigenvalue weighted by Crippen LogP contribution is -2.29. The molecule has 3 rings (SSSR count). The Labute approximate surface area is 125 Å². The van der Waals surface area contributed by atoms with Gasteiger partial charge in [-0.25, -0.2) is 0 Å². The third kappa shape index (κ3) is 2.88. The van der Waals surface area contributed by atoms with Gasteiger partial charge in [-0.3, -0.25) is 0 Å². The SMILES string of the molecule is COc1ccc(OC)c(CC2CNCc3ccccc32)c1. The minimum atomic E-state index is 0.468. The van der Waals surface area contributed by atoms with Crippen molar-refractivity contribution in [3.8, 4) is 11.5 Å². The zero-order chi connectivity index (χ0) is 14.7. The highest BCUT2D eigenvalue weighted by atomic mass is 16.5. The van der Waals surface area contributed by atoms with Crippen LogP contribution in [0.5, 0.6) is 11.5 Å². The third-order valence-corrected chi connectivity index (χ3v) is 4.15. The number of fused-ring (bicyclic) bond motifs is 1. The minimum absolute atomic E-state index is 0.468. The van der Waals surface area contributed by atoms with E-state index in [0.29, 0.717) is 5.92 Å². The van der Waals surface area contributed by atoms with Crippen molar-refractivity contribution in [1.82, 2.24) is 5.32 Å². The normalized spacial score (nSPS) is 17.1. The molecule has 110 valence electrons. The van der Waals surface area contributed by atoms with Crippen LogP contribution in [0.15, 0.2) is 42.5 Å². The summed E-state index contributed by atoms with van der Waals surface area (Å²) in [7, 11) is 3.42. The molecule has 0 fully saturated rings. The molecule has 21 heavy (non-hydrogen) atoms. The number of ether oxygens (including phenoxy) is 2. The smallest absolute Gasteiger partial charge is 0.122 e. The highest BCUT2D eigenvalue weighted by Crippen LogP contribution is 2.32. The molecule has 0 aromatic heterocycles. The average Bonchev–Trinajstić information content (AvgIpc) is 2.55. The van der Waals surface area contributed by atoms with Gasteiger partial charge in [0.25, 0.3) is 0 Å². The molecule has 1 heterocycles. The minimum Gasteiger partial charge on any atom is -0.497 e. The number of hydrogen-bond donors (Lipinski definition) is 1. The molecular formula is C18H21NO2. The van der Waals surface area contributed by atoms with E-state index < -0.39 is 0 Å². The Morgan fingerprint density at radius 2 is 1.95 bits per heavy atom. The van der Waals surface area contributed by atoms with Gasteiger partial charge in [0.2, 0.25) is 0 Å². The Hall–Kier alpha value is -2.00. The van der Waals surface area contributed by atoms with E-state index in [1.807, 2.05) is 12.1 Å². The lowest BCUT2D eigenvalue weighted by molar-refractivity contribution is 0.396. The van der Waals surface area contributed by atoms with Gasteiger partial charge in [0.05, 0.1) is 14.2 Å². The molecule has 2 aromatic rings. The summed E-state index contributed by atoms with van der Waals surface area (Å²) >= 11 is 0. The quantitative estimate of drug-likeness (QED) is 0.935. The molecule has 1 aliphatic heterocycles. The topological polar surface area (TPSA) is 30.5 Å². The molecule has 3 heteroatoms. The molecule has 0 bridgehead atoms. The monoisotopic (exact) mass is 283 g/mol. The molecule has 0 saturated heterocycles. The molecule has 2 aromatic carbocycles. The van der Waals surface area contributed by atoms with Crippen molar-refractivity contribution in [3.05, 3.63) is 59.2 Å². The predicted molar refractivity (Wildman–Crippen MR) is 84.1 cm³/mol. The van der Waals surface area contributed by atoms with Crippen molar-refractivity contribution >= 4 is 0 Å². The van der Waals surface area contributed by atoms with Crippen LogP contribution < -0.4 is 14.8 Å². The summed E-state index contributed by atoms with van der Waals surface area (Å²) in [6, 6.07) is 14.7. The first kappa shape index (κ1) is 14.0. The van der Waals surface area contributed by atoms with Crippen LogP contribution in [0.3, 0.4) is 0 Å². The van der Waals surface area contributed by atoms with E-state index in [1.165, 1.54) is 16.7 Å². The maximum Gasteiger partial charge on any atom is 0.122 e. The maximum absolute atomic E-state index is 5.50. The van der Waals surface area contributed by atoms with E-state index >= 15 is 0 Å². The van der Waals surface area contributed by atoms with Crippen LogP contribution in [0, 0.1) is 0 Å². The van der Waals surface area contributed by atoms with Crippen molar-refractivity contribution in [3.63, 3.8) is 0 Å². The van der Waals surface area contributed by atoms with Crippen molar-refractivity contribution in [2.45, 2.75) is 18.9 Å². The molecule has 1 atom stereocenters. The fourth-order valence-corrected chi connectivity index (χ4v) is 3.07. The maximum atomic E-state index is 5.50. The average molecular weight is 283 g/mol. The van der Waals surface area contributed by atoms with Gasteiger partial charge in [-0.05, 0) is 41.3 Å². The Balaban J connectivity index is 1.90. The second-order valence-corrected chi connectivity index (χ2v) is 5.41. The van der Waals surface area contributed by atoms with Crippen molar-refractivity contribution < 1.29 is 9.47 Å². The summed E-state index contributed by atoms with van der Waals surface area (Å²) in [5.41, 5.74) is 4.04. The summed E-state index contributed by atoms with van der Waals surface area (Å²) < 4.78 is 10.8. The van der Waals surface area contributed by atoms with Crippen LogP contribution in [0.2, 0.25) is 0 Å². The molecule has 0 spiro atoms. The zero-order valence-electron chi connectivity index (χ0n) is 12.6. The number of rotatable bonds is 4. The molecule has 0 saturated carbocycles. The summed E-state index contributed by atoms with van der Waals surface area (Å²) in [5, 5.41) is 3.51.